The standard InChI is InChI=1S/C19H19N3O2S/c20-13-14-3-5-16(6-4-14)21-19(24)15-7-9-22(10-8-15)18(23)12-17-2-1-11-25-17/h1-6,11,15H,7-10,12H2,(H,21,24). The van der Waals surface area contributed by atoms with Gasteiger partial charge in [-0.1, -0.05) is 6.07 Å². The number of carbonyl (C=O) groups is 2. The quantitative estimate of drug-likeness (QED) is 0.918. The zero-order valence-corrected chi connectivity index (χ0v) is 14.6. The molecule has 0 aliphatic carbocycles. The first-order valence-corrected chi connectivity index (χ1v) is 9.15. The molecule has 0 unspecified atom stereocenters. The molecule has 1 aliphatic heterocycles. The van der Waals surface area contributed by atoms with Crippen LogP contribution in [-0.4, -0.2) is 29.8 Å². The van der Waals surface area contributed by atoms with Crippen LogP contribution in [0.15, 0.2) is 41.8 Å². The molecule has 2 aromatic rings. The third kappa shape index (κ3) is 4.46. The monoisotopic (exact) mass is 353 g/mol. The molecule has 25 heavy (non-hydrogen) atoms. The fraction of sp³-hybridized carbons (Fsp3) is 0.316. The number of benzene rings is 1. The number of rotatable bonds is 4. The normalized spacial score (nSPS) is 14.8. The summed E-state index contributed by atoms with van der Waals surface area (Å²) in [5.74, 6) is 0.0323. The average Bonchev–Trinajstić information content (AvgIpc) is 3.15. The van der Waals surface area contributed by atoms with Crippen LogP contribution in [0.2, 0.25) is 0 Å². The second kappa shape index (κ2) is 7.95. The van der Waals surface area contributed by atoms with Crippen LogP contribution in [0.4, 0.5) is 5.69 Å². The van der Waals surface area contributed by atoms with Crippen molar-refractivity contribution in [1.82, 2.24) is 4.90 Å². The van der Waals surface area contributed by atoms with Crippen molar-refractivity contribution in [1.29, 1.82) is 5.26 Å². The number of thiophene rings is 1. The highest BCUT2D eigenvalue weighted by molar-refractivity contribution is 7.10. The largest absolute Gasteiger partial charge is 0.342 e. The number of nitriles is 1. The molecule has 0 saturated carbocycles. The predicted molar refractivity (Wildman–Crippen MR) is 97.1 cm³/mol. The minimum Gasteiger partial charge on any atom is -0.342 e. The summed E-state index contributed by atoms with van der Waals surface area (Å²) in [6, 6.07) is 12.8. The van der Waals surface area contributed by atoms with E-state index >= 15 is 0 Å². The van der Waals surface area contributed by atoms with Gasteiger partial charge in [-0.05, 0) is 48.6 Å². The van der Waals surface area contributed by atoms with Gasteiger partial charge in [0.05, 0.1) is 18.1 Å². The van der Waals surface area contributed by atoms with Gasteiger partial charge in [-0.2, -0.15) is 5.26 Å². The van der Waals surface area contributed by atoms with Crippen LogP contribution in [0.3, 0.4) is 0 Å². The first kappa shape index (κ1) is 17.2. The third-order valence-corrected chi connectivity index (χ3v) is 5.28. The highest BCUT2D eigenvalue weighted by Gasteiger charge is 2.27. The van der Waals surface area contributed by atoms with Crippen LogP contribution in [0.5, 0.6) is 0 Å². The highest BCUT2D eigenvalue weighted by atomic mass is 32.1. The van der Waals surface area contributed by atoms with E-state index < -0.39 is 0 Å². The Balaban J connectivity index is 1.48. The summed E-state index contributed by atoms with van der Waals surface area (Å²) in [6.07, 6.45) is 1.80. The van der Waals surface area contributed by atoms with Gasteiger partial charge in [-0.3, -0.25) is 9.59 Å². The zero-order chi connectivity index (χ0) is 17.6. The summed E-state index contributed by atoms with van der Waals surface area (Å²) in [5.41, 5.74) is 1.26. The maximum atomic E-state index is 12.4. The molecule has 1 N–H and O–H groups in total. The molecule has 0 radical (unpaired) electrons. The van der Waals surface area contributed by atoms with E-state index in [-0.39, 0.29) is 17.7 Å². The number of likely N-dealkylation sites (tertiary alicyclic amines) is 1. The van der Waals surface area contributed by atoms with E-state index in [1.807, 2.05) is 22.4 Å². The molecule has 0 atom stereocenters. The lowest BCUT2D eigenvalue weighted by molar-refractivity contribution is -0.133. The highest BCUT2D eigenvalue weighted by Crippen LogP contribution is 2.21. The number of amides is 2. The second-order valence-electron chi connectivity index (χ2n) is 6.09. The second-order valence-corrected chi connectivity index (χ2v) is 7.12. The van der Waals surface area contributed by atoms with Gasteiger partial charge in [0.15, 0.2) is 0 Å². The Bertz CT molecular complexity index is 770. The van der Waals surface area contributed by atoms with Gasteiger partial charge in [0.2, 0.25) is 11.8 Å². The number of hydrogen-bond donors (Lipinski definition) is 1. The summed E-state index contributed by atoms with van der Waals surface area (Å²) >= 11 is 1.59. The molecule has 1 aromatic carbocycles. The number of nitrogens with one attached hydrogen (secondary N) is 1. The Morgan fingerprint density at radius 3 is 2.52 bits per heavy atom. The minimum atomic E-state index is -0.0820. The van der Waals surface area contributed by atoms with E-state index in [0.29, 0.717) is 43.6 Å². The van der Waals surface area contributed by atoms with Crippen molar-refractivity contribution in [2.75, 3.05) is 18.4 Å². The fourth-order valence-electron chi connectivity index (χ4n) is 2.94. The molecule has 3 rings (SSSR count). The average molecular weight is 353 g/mol. The fourth-order valence-corrected chi connectivity index (χ4v) is 3.63. The van der Waals surface area contributed by atoms with Crippen LogP contribution < -0.4 is 5.32 Å². The molecule has 1 aromatic heterocycles. The molecule has 1 aliphatic rings. The Labute approximate surface area is 150 Å². The first-order valence-electron chi connectivity index (χ1n) is 8.27. The lowest BCUT2D eigenvalue weighted by Crippen LogP contribution is -2.42. The van der Waals surface area contributed by atoms with Crippen LogP contribution in [0, 0.1) is 17.2 Å². The Morgan fingerprint density at radius 1 is 1.20 bits per heavy atom. The van der Waals surface area contributed by atoms with Gasteiger partial charge in [0, 0.05) is 29.6 Å². The van der Waals surface area contributed by atoms with Crippen molar-refractivity contribution in [3.63, 3.8) is 0 Å². The number of piperidine rings is 1. The molecule has 5 nitrogen and oxygen atoms in total. The maximum absolute atomic E-state index is 12.4. The third-order valence-electron chi connectivity index (χ3n) is 4.41. The molecule has 0 spiro atoms. The number of carbonyl (C=O) groups excluding carboxylic acids is 2. The van der Waals surface area contributed by atoms with E-state index in [9.17, 15) is 9.59 Å². The van der Waals surface area contributed by atoms with Crippen molar-refractivity contribution in [2.45, 2.75) is 19.3 Å². The lowest BCUT2D eigenvalue weighted by Gasteiger charge is -2.31. The zero-order valence-electron chi connectivity index (χ0n) is 13.8. The predicted octanol–water partition coefficient (Wildman–Crippen LogP) is 3.04. The van der Waals surface area contributed by atoms with Crippen LogP contribution in [-0.2, 0) is 16.0 Å². The van der Waals surface area contributed by atoms with E-state index in [1.54, 1.807) is 35.6 Å². The summed E-state index contributed by atoms with van der Waals surface area (Å²) < 4.78 is 0. The molecule has 1 fully saturated rings. The Hall–Kier alpha value is -2.65. The summed E-state index contributed by atoms with van der Waals surface area (Å²) in [6.45, 7) is 1.24. The number of anilines is 1. The van der Waals surface area contributed by atoms with Gasteiger partial charge < -0.3 is 10.2 Å². The van der Waals surface area contributed by atoms with Crippen molar-refractivity contribution >= 4 is 28.8 Å². The molecule has 0 bridgehead atoms. The molecular weight excluding hydrogens is 334 g/mol. The summed E-state index contributed by atoms with van der Waals surface area (Å²) in [5, 5.41) is 13.7. The number of nitrogens with zero attached hydrogens (tertiary/aromatic N) is 2. The van der Waals surface area contributed by atoms with Crippen LogP contribution in [0.1, 0.15) is 23.3 Å². The Morgan fingerprint density at radius 2 is 1.92 bits per heavy atom. The first-order chi connectivity index (χ1) is 12.2. The van der Waals surface area contributed by atoms with Gasteiger partial charge in [0.25, 0.3) is 0 Å². The molecule has 6 heteroatoms. The summed E-state index contributed by atoms with van der Waals surface area (Å²) in [7, 11) is 0. The Kier molecular flexibility index (Phi) is 5.46. The number of hydrogen-bond acceptors (Lipinski definition) is 4. The van der Waals surface area contributed by atoms with E-state index in [2.05, 4.69) is 11.4 Å². The van der Waals surface area contributed by atoms with E-state index in [1.165, 1.54) is 0 Å². The smallest absolute Gasteiger partial charge is 0.227 e. The topological polar surface area (TPSA) is 73.2 Å². The van der Waals surface area contributed by atoms with E-state index in [4.69, 9.17) is 5.26 Å². The minimum absolute atomic E-state index is 0.0185. The van der Waals surface area contributed by atoms with Crippen LogP contribution >= 0.6 is 11.3 Å². The molecule has 128 valence electrons. The molecular formula is C19H19N3O2S. The van der Waals surface area contributed by atoms with Crippen molar-refractivity contribution < 1.29 is 9.59 Å². The maximum Gasteiger partial charge on any atom is 0.227 e. The molecule has 2 amide bonds. The van der Waals surface area contributed by atoms with Gasteiger partial charge in [-0.15, -0.1) is 11.3 Å². The molecule has 1 saturated heterocycles. The van der Waals surface area contributed by atoms with Crippen molar-refractivity contribution in [3.05, 3.63) is 52.2 Å². The SMILES string of the molecule is N#Cc1ccc(NC(=O)C2CCN(C(=O)Cc3cccs3)CC2)cc1. The van der Waals surface area contributed by atoms with Gasteiger partial charge in [-0.25, -0.2) is 0 Å². The van der Waals surface area contributed by atoms with Crippen molar-refractivity contribution in [2.24, 2.45) is 5.92 Å². The lowest BCUT2D eigenvalue weighted by atomic mass is 9.95. The van der Waals surface area contributed by atoms with Crippen LogP contribution in [0.25, 0.3) is 0 Å². The summed E-state index contributed by atoms with van der Waals surface area (Å²) in [4.78, 5) is 27.6. The van der Waals surface area contributed by atoms with Gasteiger partial charge in [0.1, 0.15) is 0 Å². The molecule has 2 heterocycles. The van der Waals surface area contributed by atoms with Gasteiger partial charge >= 0.3 is 0 Å². The van der Waals surface area contributed by atoms with E-state index in [0.717, 1.165) is 4.88 Å². The van der Waals surface area contributed by atoms with Crippen molar-refractivity contribution in [3.8, 4) is 6.07 Å².